The van der Waals surface area contributed by atoms with E-state index >= 15 is 0 Å². The van der Waals surface area contributed by atoms with E-state index in [1.165, 1.54) is 11.2 Å². The lowest BCUT2D eigenvalue weighted by Gasteiger charge is -2.33. The first-order valence-electron chi connectivity index (χ1n) is 5.67. The zero-order valence-electron chi connectivity index (χ0n) is 10.4. The number of hydrogen-bond donors (Lipinski definition) is 2. The third kappa shape index (κ3) is 2.35. The summed E-state index contributed by atoms with van der Waals surface area (Å²) < 4.78 is 0. The van der Waals surface area contributed by atoms with E-state index in [9.17, 15) is 14.7 Å². The molecule has 0 radical (unpaired) electrons. The van der Waals surface area contributed by atoms with Crippen molar-refractivity contribution in [2.24, 2.45) is 0 Å². The van der Waals surface area contributed by atoms with E-state index in [0.717, 1.165) is 11.4 Å². The van der Waals surface area contributed by atoms with Crippen molar-refractivity contribution < 1.29 is 14.7 Å². The summed E-state index contributed by atoms with van der Waals surface area (Å²) >= 11 is 0. The van der Waals surface area contributed by atoms with Gasteiger partial charge in [0.25, 0.3) is 0 Å². The maximum absolute atomic E-state index is 12.0. The predicted octanol–water partition coefficient (Wildman–Crippen LogP) is -0.691. The van der Waals surface area contributed by atoms with Gasteiger partial charge in [0.1, 0.15) is 6.04 Å². The van der Waals surface area contributed by atoms with Crippen LogP contribution in [0.1, 0.15) is 11.4 Å². The minimum Gasteiger partial charge on any atom is -0.480 e. The van der Waals surface area contributed by atoms with Crippen molar-refractivity contribution in [1.82, 2.24) is 19.8 Å². The van der Waals surface area contributed by atoms with Crippen molar-refractivity contribution >= 4 is 11.9 Å². The molecule has 0 fully saturated rings. The van der Waals surface area contributed by atoms with Crippen molar-refractivity contribution in [2.45, 2.75) is 19.0 Å². The number of aromatic nitrogens is 2. The highest BCUT2D eigenvalue weighted by Crippen LogP contribution is 2.20. The van der Waals surface area contributed by atoms with Crippen LogP contribution in [0.5, 0.6) is 0 Å². The van der Waals surface area contributed by atoms with Crippen molar-refractivity contribution in [3.63, 3.8) is 0 Å². The van der Waals surface area contributed by atoms with Gasteiger partial charge in [0, 0.05) is 6.42 Å². The summed E-state index contributed by atoms with van der Waals surface area (Å²) in [5.41, 5.74) is 1.55. The molecule has 1 unspecified atom stereocenters. The van der Waals surface area contributed by atoms with Crippen molar-refractivity contribution in [3.05, 3.63) is 17.7 Å². The van der Waals surface area contributed by atoms with Crippen LogP contribution in [0.3, 0.4) is 0 Å². The van der Waals surface area contributed by atoms with Gasteiger partial charge in [-0.3, -0.25) is 4.79 Å². The van der Waals surface area contributed by atoms with E-state index in [0.29, 0.717) is 0 Å². The summed E-state index contributed by atoms with van der Waals surface area (Å²) in [5.74, 6) is -1.18. The molecule has 0 saturated heterocycles. The molecule has 1 atom stereocenters. The van der Waals surface area contributed by atoms with Gasteiger partial charge < -0.3 is 19.9 Å². The number of carbonyl (C=O) groups excluding carboxylic acids is 1. The Morgan fingerprint density at radius 2 is 2.33 bits per heavy atom. The Morgan fingerprint density at radius 1 is 1.61 bits per heavy atom. The van der Waals surface area contributed by atoms with Crippen LogP contribution >= 0.6 is 0 Å². The van der Waals surface area contributed by atoms with Gasteiger partial charge >= 0.3 is 5.97 Å². The van der Waals surface area contributed by atoms with Gasteiger partial charge in [-0.1, -0.05) is 0 Å². The smallest absolute Gasteiger partial charge is 0.326 e. The number of nitrogens with zero attached hydrogens (tertiary/aromatic N) is 3. The van der Waals surface area contributed by atoms with Gasteiger partial charge in [-0.2, -0.15) is 0 Å². The fourth-order valence-corrected chi connectivity index (χ4v) is 2.08. The van der Waals surface area contributed by atoms with E-state index in [2.05, 4.69) is 9.97 Å². The molecular weight excluding hydrogens is 236 g/mol. The van der Waals surface area contributed by atoms with Gasteiger partial charge in [0.15, 0.2) is 0 Å². The monoisotopic (exact) mass is 252 g/mol. The molecule has 0 saturated carbocycles. The van der Waals surface area contributed by atoms with Crippen LogP contribution in [0, 0.1) is 0 Å². The average Bonchev–Trinajstić information content (AvgIpc) is 2.72. The number of H-pyrrole nitrogens is 1. The largest absolute Gasteiger partial charge is 0.480 e. The van der Waals surface area contributed by atoms with E-state index in [4.69, 9.17) is 0 Å². The molecule has 0 bridgehead atoms. The second kappa shape index (κ2) is 4.77. The van der Waals surface area contributed by atoms with Crippen LogP contribution in [-0.2, 0) is 22.6 Å². The maximum Gasteiger partial charge on any atom is 0.326 e. The molecule has 1 aromatic rings. The molecule has 1 aromatic heterocycles. The van der Waals surface area contributed by atoms with Crippen LogP contribution < -0.4 is 0 Å². The minimum atomic E-state index is -0.990. The Balaban J connectivity index is 2.22. The van der Waals surface area contributed by atoms with Crippen LogP contribution in [0.2, 0.25) is 0 Å². The summed E-state index contributed by atoms with van der Waals surface area (Å²) in [4.78, 5) is 33.4. The average molecular weight is 252 g/mol. The topological polar surface area (TPSA) is 89.5 Å². The normalized spacial score (nSPS) is 18.8. The lowest BCUT2D eigenvalue weighted by Crippen LogP contribution is -2.51. The van der Waals surface area contributed by atoms with Crippen LogP contribution in [0.25, 0.3) is 0 Å². The Bertz CT molecular complexity index is 469. The van der Waals surface area contributed by atoms with E-state index in [1.807, 2.05) is 0 Å². The fourth-order valence-electron chi connectivity index (χ4n) is 2.08. The number of carbonyl (C=O) groups is 2. The molecule has 18 heavy (non-hydrogen) atoms. The minimum absolute atomic E-state index is 0.187. The van der Waals surface area contributed by atoms with E-state index in [-0.39, 0.29) is 25.4 Å². The van der Waals surface area contributed by atoms with Crippen LogP contribution in [-0.4, -0.2) is 63.4 Å². The molecule has 2 rings (SSSR count). The molecule has 1 amide bonds. The van der Waals surface area contributed by atoms with Crippen molar-refractivity contribution in [2.75, 3.05) is 20.6 Å². The van der Waals surface area contributed by atoms with Crippen molar-refractivity contribution in [3.8, 4) is 0 Å². The lowest BCUT2D eigenvalue weighted by molar-refractivity contribution is -0.151. The van der Waals surface area contributed by atoms with Gasteiger partial charge in [0.05, 0.1) is 30.8 Å². The highest BCUT2D eigenvalue weighted by Gasteiger charge is 2.35. The molecule has 0 spiro atoms. The molecule has 1 aliphatic heterocycles. The summed E-state index contributed by atoms with van der Waals surface area (Å²) in [6.45, 7) is 0.478. The Morgan fingerprint density at radius 3 is 2.94 bits per heavy atom. The van der Waals surface area contributed by atoms with Crippen molar-refractivity contribution in [1.29, 1.82) is 0 Å². The highest BCUT2D eigenvalue weighted by molar-refractivity contribution is 5.85. The highest BCUT2D eigenvalue weighted by atomic mass is 16.4. The van der Waals surface area contributed by atoms with Gasteiger partial charge in [-0.05, 0) is 14.1 Å². The molecule has 0 aliphatic carbocycles. The third-order valence-electron chi connectivity index (χ3n) is 2.96. The van der Waals surface area contributed by atoms with E-state index < -0.39 is 12.0 Å². The third-order valence-corrected chi connectivity index (χ3v) is 2.96. The van der Waals surface area contributed by atoms with Gasteiger partial charge in [0.2, 0.25) is 5.91 Å². The first-order valence-corrected chi connectivity index (χ1v) is 5.67. The summed E-state index contributed by atoms with van der Waals surface area (Å²) in [7, 11) is 3.55. The number of aliphatic carboxylic acids is 1. The maximum atomic E-state index is 12.0. The van der Waals surface area contributed by atoms with Crippen LogP contribution in [0.4, 0.5) is 0 Å². The number of carboxylic acids is 1. The number of nitrogens with one attached hydrogen (secondary N) is 1. The number of rotatable bonds is 3. The molecule has 2 N–H and O–H groups in total. The first-order chi connectivity index (χ1) is 8.49. The molecule has 0 aromatic carbocycles. The standard InChI is InChI=1S/C11H16N4O3/c1-14(2)5-10(16)15-4-8-7(12-6-13-8)3-9(15)11(17)18/h6,9H,3-5H2,1-2H3,(H,12,13)(H,17,18). The first kappa shape index (κ1) is 12.6. The fraction of sp³-hybridized carbons (Fsp3) is 0.545. The summed E-state index contributed by atoms with van der Waals surface area (Å²) in [5, 5.41) is 9.21. The molecule has 2 heterocycles. The molecule has 1 aliphatic rings. The SMILES string of the molecule is CN(C)CC(=O)N1Cc2[nH]cnc2CC1C(=O)O. The zero-order valence-corrected chi connectivity index (χ0v) is 10.4. The Kier molecular flexibility index (Phi) is 3.33. The quantitative estimate of drug-likeness (QED) is 0.743. The lowest BCUT2D eigenvalue weighted by atomic mass is 10.0. The number of likely N-dealkylation sites (N-methyl/N-ethyl adjacent to an activating group) is 1. The number of hydrogen-bond acceptors (Lipinski definition) is 4. The zero-order chi connectivity index (χ0) is 13.3. The number of imidazole rings is 1. The van der Waals surface area contributed by atoms with Gasteiger partial charge in [-0.15, -0.1) is 0 Å². The Hall–Kier alpha value is -1.89. The second-order valence-electron chi connectivity index (χ2n) is 4.65. The second-order valence-corrected chi connectivity index (χ2v) is 4.65. The van der Waals surface area contributed by atoms with Crippen LogP contribution in [0.15, 0.2) is 6.33 Å². The number of aromatic amines is 1. The molecular formula is C11H16N4O3. The number of fused-ring (bicyclic) bond motifs is 1. The summed E-state index contributed by atoms with van der Waals surface area (Å²) in [6, 6.07) is -0.826. The van der Waals surface area contributed by atoms with E-state index in [1.54, 1.807) is 19.0 Å². The molecule has 98 valence electrons. The summed E-state index contributed by atoms with van der Waals surface area (Å²) in [6.07, 6.45) is 1.79. The number of carboxylic acid groups (broad SMARTS) is 1. The van der Waals surface area contributed by atoms with Gasteiger partial charge in [-0.25, -0.2) is 9.78 Å². The molecule has 7 nitrogen and oxygen atoms in total. The number of amides is 1. The predicted molar refractivity (Wildman–Crippen MR) is 62.8 cm³/mol. The Labute approximate surface area is 104 Å². The molecule has 7 heteroatoms.